The quantitative estimate of drug-likeness (QED) is 0.167. The Morgan fingerprint density at radius 2 is 0.842 bits per heavy atom. The molecule has 0 bridgehead atoms. The number of fused-ring (bicyclic) bond motifs is 9. The smallest absolute Gasteiger partial charge is 0.189 e. The van der Waals surface area contributed by atoms with Gasteiger partial charge in [-0.2, -0.15) is 5.26 Å². The first kappa shape index (κ1) is 32.1. The molecule has 0 amide bonds. The van der Waals surface area contributed by atoms with Crippen LogP contribution in [0.1, 0.15) is 5.56 Å². The molecule has 6 nitrogen and oxygen atoms in total. The van der Waals surface area contributed by atoms with E-state index in [2.05, 4.69) is 145 Å². The van der Waals surface area contributed by atoms with Crippen LogP contribution in [0, 0.1) is 24.5 Å². The molecule has 0 saturated heterocycles. The molecule has 0 atom stereocenters. The van der Waals surface area contributed by atoms with Crippen molar-refractivity contribution in [1.82, 2.24) is 13.7 Å². The fraction of sp³-hybridized carbons (Fsp3) is 0. The van der Waals surface area contributed by atoms with E-state index in [-0.39, 0.29) is 0 Å². The van der Waals surface area contributed by atoms with Crippen LogP contribution >= 0.6 is 0 Å². The van der Waals surface area contributed by atoms with E-state index >= 15 is 0 Å². The maximum atomic E-state index is 10.5. The van der Waals surface area contributed by atoms with Gasteiger partial charge in [-0.15, -0.1) is 0 Å². The zero-order valence-electron chi connectivity index (χ0n) is 30.3. The molecule has 0 spiro atoms. The van der Waals surface area contributed by atoms with Crippen molar-refractivity contribution in [3.05, 3.63) is 198 Å². The molecule has 8 aromatic carbocycles. The first-order chi connectivity index (χ1) is 28.1. The van der Waals surface area contributed by atoms with E-state index in [0.717, 1.165) is 82.8 Å². The number of aromatic nitrogens is 3. The zero-order valence-corrected chi connectivity index (χ0v) is 30.3. The highest BCUT2D eigenvalue weighted by Crippen LogP contribution is 2.40. The van der Waals surface area contributed by atoms with Gasteiger partial charge in [-0.25, -0.2) is 9.69 Å². The van der Waals surface area contributed by atoms with Crippen molar-refractivity contribution in [2.24, 2.45) is 0 Å². The van der Waals surface area contributed by atoms with Gasteiger partial charge in [-0.05, 0) is 101 Å². The molecule has 0 aliphatic heterocycles. The fourth-order valence-electron chi connectivity index (χ4n) is 8.81. The van der Waals surface area contributed by atoms with Crippen LogP contribution in [-0.2, 0) is 0 Å². The Hall–Kier alpha value is -8.37. The molecular weight excluding hydrogens is 697 g/mol. The van der Waals surface area contributed by atoms with Crippen molar-refractivity contribution >= 4 is 76.8 Å². The average molecular weight is 725 g/mol. The van der Waals surface area contributed by atoms with E-state index in [1.807, 2.05) is 54.6 Å². The molecule has 3 heterocycles. The summed E-state index contributed by atoms with van der Waals surface area (Å²) in [5.74, 6) is 0. The molecule has 0 saturated carbocycles. The summed E-state index contributed by atoms with van der Waals surface area (Å²) in [7, 11) is 0. The van der Waals surface area contributed by atoms with Crippen molar-refractivity contribution in [1.29, 1.82) is 5.26 Å². The number of hydrogen-bond donors (Lipinski definition) is 0. The third-order valence-electron chi connectivity index (χ3n) is 11.2. The Morgan fingerprint density at radius 3 is 1.40 bits per heavy atom. The summed E-state index contributed by atoms with van der Waals surface area (Å²) < 4.78 is 6.72. The van der Waals surface area contributed by atoms with Crippen molar-refractivity contribution < 1.29 is 0 Å². The maximum Gasteiger partial charge on any atom is 0.189 e. The largest absolute Gasteiger partial charge is 0.310 e. The molecule has 57 heavy (non-hydrogen) atoms. The molecule has 0 N–H and O–H groups in total. The molecule has 0 radical (unpaired) electrons. The van der Waals surface area contributed by atoms with Crippen molar-refractivity contribution in [3.63, 3.8) is 0 Å². The van der Waals surface area contributed by atoms with Crippen LogP contribution in [0.25, 0.3) is 103 Å². The van der Waals surface area contributed by atoms with E-state index < -0.39 is 0 Å². The Kier molecular flexibility index (Phi) is 6.95. The normalized spacial score (nSPS) is 11.5. The van der Waals surface area contributed by atoms with Gasteiger partial charge in [0.25, 0.3) is 0 Å². The molecule has 3 aromatic heterocycles. The second-order valence-corrected chi connectivity index (χ2v) is 14.3. The number of para-hydroxylation sites is 4. The number of nitriles is 1. The maximum absolute atomic E-state index is 10.5. The second kappa shape index (κ2) is 12.3. The predicted molar refractivity (Wildman–Crippen MR) is 232 cm³/mol. The predicted octanol–water partition coefficient (Wildman–Crippen LogP) is 13.6. The van der Waals surface area contributed by atoms with Crippen LogP contribution in [0.2, 0.25) is 0 Å². The van der Waals surface area contributed by atoms with Crippen LogP contribution in [0.15, 0.2) is 170 Å². The highest BCUT2D eigenvalue weighted by Gasteiger charge is 2.19. The number of hydrogen-bond acceptors (Lipinski definition) is 1. The van der Waals surface area contributed by atoms with Gasteiger partial charge in [0.1, 0.15) is 0 Å². The Labute approximate surface area is 327 Å². The first-order valence-electron chi connectivity index (χ1n) is 18.6. The molecule has 0 unspecified atom stereocenters. The van der Waals surface area contributed by atoms with Crippen LogP contribution in [-0.4, -0.2) is 13.7 Å². The van der Waals surface area contributed by atoms with Gasteiger partial charge in [-0.1, -0.05) is 84.9 Å². The standard InChI is InChI=1S/C51H28N6/c1-53-35-19-22-50-45(29-35)44-21-20-37(55-46-15-7-3-11-40(46)41-12-4-8-16-47(41)55)30-51(44)57(50)38-24-32(31-52)23-33(26-38)34-25-36(54-2)28-39(27-34)56-48-17-9-5-13-42(48)43-14-6-10-18-49(43)56/h3-30H. The molecule has 0 fully saturated rings. The Balaban J connectivity index is 1.17. The van der Waals surface area contributed by atoms with Gasteiger partial charge in [0.15, 0.2) is 11.4 Å². The summed E-state index contributed by atoms with van der Waals surface area (Å²) in [6.45, 7) is 15.9. The number of rotatable bonds is 4. The molecule has 262 valence electrons. The fourth-order valence-corrected chi connectivity index (χ4v) is 8.81. The van der Waals surface area contributed by atoms with E-state index in [0.29, 0.717) is 16.9 Å². The van der Waals surface area contributed by atoms with Crippen LogP contribution < -0.4 is 0 Å². The Morgan fingerprint density at radius 1 is 0.368 bits per heavy atom. The van der Waals surface area contributed by atoms with Crippen LogP contribution in [0.3, 0.4) is 0 Å². The summed E-state index contributed by atoms with van der Waals surface area (Å²) in [6, 6.07) is 60.3. The van der Waals surface area contributed by atoms with Crippen molar-refractivity contribution in [2.75, 3.05) is 0 Å². The van der Waals surface area contributed by atoms with Crippen LogP contribution in [0.4, 0.5) is 11.4 Å². The highest BCUT2D eigenvalue weighted by molar-refractivity contribution is 6.13. The van der Waals surface area contributed by atoms with Gasteiger partial charge in [0.2, 0.25) is 0 Å². The van der Waals surface area contributed by atoms with E-state index in [1.165, 1.54) is 10.8 Å². The minimum absolute atomic E-state index is 0.500. The average Bonchev–Trinajstić information content (AvgIpc) is 3.91. The van der Waals surface area contributed by atoms with Gasteiger partial charge in [0.05, 0.1) is 57.9 Å². The van der Waals surface area contributed by atoms with Gasteiger partial charge in [-0.3, -0.25) is 0 Å². The molecular formula is C51H28N6. The van der Waals surface area contributed by atoms with E-state index in [4.69, 9.17) is 13.1 Å². The summed E-state index contributed by atoms with van der Waals surface area (Å²) in [4.78, 5) is 7.69. The van der Waals surface area contributed by atoms with Crippen molar-refractivity contribution in [3.8, 4) is 34.3 Å². The highest BCUT2D eigenvalue weighted by atomic mass is 15.0. The van der Waals surface area contributed by atoms with Gasteiger partial charge in [0, 0.05) is 44.0 Å². The minimum atomic E-state index is 0.500. The van der Waals surface area contributed by atoms with Gasteiger partial charge < -0.3 is 13.7 Å². The lowest BCUT2D eigenvalue weighted by molar-refractivity contribution is 1.15. The minimum Gasteiger partial charge on any atom is -0.310 e. The molecule has 11 aromatic rings. The van der Waals surface area contributed by atoms with E-state index in [9.17, 15) is 5.26 Å². The zero-order chi connectivity index (χ0) is 38.2. The first-order valence-corrected chi connectivity index (χ1v) is 18.6. The lowest BCUT2D eigenvalue weighted by Gasteiger charge is -2.15. The topological polar surface area (TPSA) is 47.3 Å². The molecule has 6 heteroatoms. The second-order valence-electron chi connectivity index (χ2n) is 14.3. The van der Waals surface area contributed by atoms with Gasteiger partial charge >= 0.3 is 0 Å². The molecule has 0 aliphatic rings. The lowest BCUT2D eigenvalue weighted by Crippen LogP contribution is -1.98. The summed E-state index contributed by atoms with van der Waals surface area (Å²) in [5, 5.41) is 17.1. The number of nitrogens with zero attached hydrogens (tertiary/aromatic N) is 6. The SMILES string of the molecule is [C-]#[N+]c1cc(-c2cc(C#N)cc(-n3c4ccc([N+]#[C-])cc4c4ccc(-n5c6ccccc6c6ccccc65)cc43)c2)cc(-n2c3ccccc3c3ccccc32)c1. The monoisotopic (exact) mass is 724 g/mol. The summed E-state index contributed by atoms with van der Waals surface area (Å²) in [5.41, 5.74) is 12.1. The third-order valence-corrected chi connectivity index (χ3v) is 11.2. The van der Waals surface area contributed by atoms with Crippen molar-refractivity contribution in [2.45, 2.75) is 0 Å². The number of benzene rings is 8. The lowest BCUT2D eigenvalue weighted by atomic mass is 10.0. The molecule has 11 rings (SSSR count). The van der Waals surface area contributed by atoms with E-state index in [1.54, 1.807) is 0 Å². The third kappa shape index (κ3) is 4.81. The van der Waals surface area contributed by atoms with Crippen LogP contribution in [0.5, 0.6) is 0 Å². The molecule has 0 aliphatic carbocycles. The summed E-state index contributed by atoms with van der Waals surface area (Å²) >= 11 is 0. The Bertz CT molecular complexity index is 3520. The summed E-state index contributed by atoms with van der Waals surface area (Å²) in [6.07, 6.45) is 0.